The molecule has 0 heterocycles. The third-order valence-electron chi connectivity index (χ3n) is 8.60. The molecular formula is C38H42FN3O5S2. The van der Waals surface area contributed by atoms with Crippen molar-refractivity contribution in [2.24, 2.45) is 0 Å². The number of sulfonamides is 1. The van der Waals surface area contributed by atoms with Crippen molar-refractivity contribution in [3.63, 3.8) is 0 Å². The number of nitrogens with zero attached hydrogens (tertiary/aromatic N) is 2. The van der Waals surface area contributed by atoms with Gasteiger partial charge in [0.2, 0.25) is 11.8 Å². The number of halogens is 1. The van der Waals surface area contributed by atoms with E-state index in [1.165, 1.54) is 40.9 Å². The Morgan fingerprint density at radius 1 is 0.898 bits per heavy atom. The van der Waals surface area contributed by atoms with Crippen LogP contribution in [0.1, 0.15) is 43.7 Å². The number of ether oxygens (including phenoxy) is 1. The topological polar surface area (TPSA) is 96.0 Å². The van der Waals surface area contributed by atoms with Crippen molar-refractivity contribution in [2.45, 2.75) is 67.4 Å². The zero-order chi connectivity index (χ0) is 34.8. The summed E-state index contributed by atoms with van der Waals surface area (Å²) in [4.78, 5) is 31.1. The Balaban J connectivity index is 1.56. The monoisotopic (exact) mass is 703 g/mol. The van der Waals surface area contributed by atoms with E-state index >= 15 is 0 Å². The molecule has 2 amide bonds. The van der Waals surface area contributed by atoms with Crippen LogP contribution in [-0.4, -0.2) is 56.6 Å². The van der Waals surface area contributed by atoms with E-state index in [4.69, 9.17) is 4.74 Å². The van der Waals surface area contributed by atoms with Gasteiger partial charge in [0.05, 0.1) is 17.2 Å². The standard InChI is InChI=1S/C38H42FN3O5S2/c1-3-47-33-19-17-32(18-20-33)42(49(45,46)35-23-21-34(48-2)22-24-35)27-37(43)41(26-29-13-15-30(39)16-14-29)36(25-28-9-5-4-6-10-28)38(44)40-31-11-7-8-12-31/h4-6,9-10,13-24,31,36H,3,7-8,11-12,25-27H2,1-2H3,(H,40,44). The molecule has 1 aliphatic rings. The van der Waals surface area contributed by atoms with Gasteiger partial charge in [0, 0.05) is 23.9 Å². The van der Waals surface area contributed by atoms with E-state index in [-0.39, 0.29) is 35.5 Å². The van der Waals surface area contributed by atoms with Gasteiger partial charge in [-0.1, -0.05) is 55.3 Å². The molecule has 0 bridgehead atoms. The highest BCUT2D eigenvalue weighted by Crippen LogP contribution is 2.28. The number of benzene rings is 4. The lowest BCUT2D eigenvalue weighted by Gasteiger charge is -2.34. The van der Waals surface area contributed by atoms with Gasteiger partial charge in [-0.2, -0.15) is 0 Å². The Hall–Kier alpha value is -4.35. The Bertz CT molecular complexity index is 1780. The van der Waals surface area contributed by atoms with Crippen LogP contribution in [0.2, 0.25) is 0 Å². The van der Waals surface area contributed by atoms with Gasteiger partial charge in [-0.25, -0.2) is 12.8 Å². The molecule has 0 saturated heterocycles. The smallest absolute Gasteiger partial charge is 0.264 e. The first-order valence-electron chi connectivity index (χ1n) is 16.5. The van der Waals surface area contributed by atoms with Crippen molar-refractivity contribution in [3.05, 3.63) is 120 Å². The molecule has 4 aromatic carbocycles. The normalized spacial score (nSPS) is 13.9. The SMILES string of the molecule is CCOc1ccc(N(CC(=O)N(Cc2ccc(F)cc2)C(Cc2ccccc2)C(=O)NC2CCCC2)S(=O)(=O)c2ccc(SC)cc2)cc1. The van der Waals surface area contributed by atoms with Gasteiger partial charge in [-0.05, 0) is 97.8 Å². The number of hydrogen-bond donors (Lipinski definition) is 1. The fourth-order valence-corrected chi connectivity index (χ4v) is 7.81. The fourth-order valence-electron chi connectivity index (χ4n) is 5.99. The number of carbonyl (C=O) groups is 2. The van der Waals surface area contributed by atoms with Crippen molar-refractivity contribution in [2.75, 3.05) is 23.7 Å². The van der Waals surface area contributed by atoms with Crippen LogP contribution in [0.4, 0.5) is 10.1 Å². The minimum atomic E-state index is -4.25. The summed E-state index contributed by atoms with van der Waals surface area (Å²) < 4.78 is 49.2. The van der Waals surface area contributed by atoms with E-state index in [1.807, 2.05) is 43.5 Å². The number of rotatable bonds is 15. The Kier molecular flexibility index (Phi) is 12.4. The third-order valence-corrected chi connectivity index (χ3v) is 11.1. The molecule has 49 heavy (non-hydrogen) atoms. The lowest BCUT2D eigenvalue weighted by Crippen LogP contribution is -2.54. The Labute approximate surface area is 292 Å². The molecule has 0 spiro atoms. The van der Waals surface area contributed by atoms with Crippen LogP contribution in [0, 0.1) is 5.82 Å². The molecule has 1 atom stereocenters. The molecule has 0 aliphatic heterocycles. The van der Waals surface area contributed by atoms with Crippen molar-refractivity contribution in [3.8, 4) is 5.75 Å². The van der Waals surface area contributed by atoms with Crippen LogP contribution in [0.3, 0.4) is 0 Å². The number of carbonyl (C=O) groups excluding carboxylic acids is 2. The van der Waals surface area contributed by atoms with Gasteiger partial charge >= 0.3 is 0 Å². The molecule has 8 nitrogen and oxygen atoms in total. The summed E-state index contributed by atoms with van der Waals surface area (Å²) in [7, 11) is -4.25. The summed E-state index contributed by atoms with van der Waals surface area (Å²) in [5.41, 5.74) is 1.71. The first kappa shape index (κ1) is 35.9. The highest BCUT2D eigenvalue weighted by atomic mass is 32.2. The maximum absolute atomic E-state index is 14.7. The lowest BCUT2D eigenvalue weighted by atomic mass is 10.0. The summed E-state index contributed by atoms with van der Waals surface area (Å²) in [6, 6.07) is 27.2. The first-order chi connectivity index (χ1) is 23.7. The van der Waals surface area contributed by atoms with Crippen molar-refractivity contribution >= 4 is 39.3 Å². The number of anilines is 1. The zero-order valence-corrected chi connectivity index (χ0v) is 29.4. The Morgan fingerprint density at radius 3 is 2.16 bits per heavy atom. The number of hydrogen-bond acceptors (Lipinski definition) is 6. The second-order valence-corrected chi connectivity index (χ2v) is 14.7. The molecule has 1 N–H and O–H groups in total. The summed E-state index contributed by atoms with van der Waals surface area (Å²) in [5, 5.41) is 3.16. The molecule has 1 aliphatic carbocycles. The van der Waals surface area contributed by atoms with Crippen molar-refractivity contribution < 1.29 is 27.1 Å². The maximum atomic E-state index is 14.7. The van der Waals surface area contributed by atoms with Crippen molar-refractivity contribution in [1.29, 1.82) is 0 Å². The van der Waals surface area contributed by atoms with Crippen LogP contribution in [0.25, 0.3) is 0 Å². The van der Waals surface area contributed by atoms with Crippen LogP contribution in [-0.2, 0) is 32.6 Å². The van der Waals surface area contributed by atoms with Gasteiger partial charge in [0.1, 0.15) is 24.2 Å². The van der Waals surface area contributed by atoms with E-state index in [0.717, 1.165) is 40.4 Å². The van der Waals surface area contributed by atoms with Gasteiger partial charge in [-0.15, -0.1) is 11.8 Å². The van der Waals surface area contributed by atoms with Gasteiger partial charge in [-0.3, -0.25) is 13.9 Å². The van der Waals surface area contributed by atoms with E-state index in [1.54, 1.807) is 48.5 Å². The van der Waals surface area contributed by atoms with Gasteiger partial charge < -0.3 is 15.0 Å². The second kappa shape index (κ2) is 16.8. The maximum Gasteiger partial charge on any atom is 0.264 e. The van der Waals surface area contributed by atoms with Crippen molar-refractivity contribution in [1.82, 2.24) is 10.2 Å². The molecule has 5 rings (SSSR count). The zero-order valence-electron chi connectivity index (χ0n) is 27.8. The molecule has 1 fully saturated rings. The predicted octanol–water partition coefficient (Wildman–Crippen LogP) is 6.84. The molecule has 11 heteroatoms. The average Bonchev–Trinajstić information content (AvgIpc) is 3.63. The summed E-state index contributed by atoms with van der Waals surface area (Å²) in [6.45, 7) is 1.68. The fraction of sp³-hybridized carbons (Fsp3) is 0.316. The van der Waals surface area contributed by atoms with E-state index in [9.17, 15) is 22.4 Å². The number of amides is 2. The van der Waals surface area contributed by atoms with Crippen LogP contribution in [0.15, 0.2) is 113 Å². The minimum Gasteiger partial charge on any atom is -0.494 e. The summed E-state index contributed by atoms with van der Waals surface area (Å²) >= 11 is 1.49. The van der Waals surface area contributed by atoms with Crippen LogP contribution in [0.5, 0.6) is 5.75 Å². The molecule has 1 unspecified atom stereocenters. The predicted molar refractivity (Wildman–Crippen MR) is 192 cm³/mol. The van der Waals surface area contributed by atoms with E-state index < -0.39 is 34.3 Å². The highest BCUT2D eigenvalue weighted by Gasteiger charge is 2.35. The average molecular weight is 704 g/mol. The molecule has 0 radical (unpaired) electrons. The minimum absolute atomic E-state index is 0.00136. The van der Waals surface area contributed by atoms with Gasteiger partial charge in [0.15, 0.2) is 0 Å². The summed E-state index contributed by atoms with van der Waals surface area (Å²) in [6.07, 6.45) is 5.85. The lowest BCUT2D eigenvalue weighted by molar-refractivity contribution is -0.140. The van der Waals surface area contributed by atoms with Crippen LogP contribution >= 0.6 is 11.8 Å². The Morgan fingerprint density at radius 2 is 1.55 bits per heavy atom. The van der Waals surface area contributed by atoms with E-state index in [0.29, 0.717) is 17.9 Å². The largest absolute Gasteiger partial charge is 0.494 e. The second-order valence-electron chi connectivity index (χ2n) is 12.0. The molecule has 258 valence electrons. The van der Waals surface area contributed by atoms with E-state index in [2.05, 4.69) is 5.32 Å². The van der Waals surface area contributed by atoms with Crippen LogP contribution < -0.4 is 14.4 Å². The molecule has 1 saturated carbocycles. The third kappa shape index (κ3) is 9.42. The number of nitrogens with one attached hydrogen (secondary N) is 1. The molecule has 0 aromatic heterocycles. The quantitative estimate of drug-likeness (QED) is 0.136. The molecule has 4 aromatic rings. The number of thioether (sulfide) groups is 1. The molecular weight excluding hydrogens is 662 g/mol. The van der Waals surface area contributed by atoms with Gasteiger partial charge in [0.25, 0.3) is 10.0 Å². The first-order valence-corrected chi connectivity index (χ1v) is 19.1. The highest BCUT2D eigenvalue weighted by molar-refractivity contribution is 7.98. The summed E-state index contributed by atoms with van der Waals surface area (Å²) in [5.74, 6) is -0.759.